The minimum absolute atomic E-state index is 0.0429. The fraction of sp³-hybridized carbons (Fsp3) is 0.688. The number of urea groups is 1. The summed E-state index contributed by atoms with van der Waals surface area (Å²) in [6.07, 6.45) is 0. The minimum atomic E-state index is -3.55. The van der Waals surface area contributed by atoms with Crippen LogP contribution >= 0.6 is 0 Å². The number of rotatable bonds is 4. The number of sulfonamides is 1. The van der Waals surface area contributed by atoms with Gasteiger partial charge in [-0.1, -0.05) is 0 Å². The van der Waals surface area contributed by atoms with Crippen LogP contribution in [0, 0.1) is 0 Å². The Hall–Kier alpha value is -1.62. The lowest BCUT2D eigenvalue weighted by molar-refractivity contribution is 0.0369. The Bertz CT molecular complexity index is 719. The van der Waals surface area contributed by atoms with Crippen molar-refractivity contribution >= 4 is 16.1 Å². The summed E-state index contributed by atoms with van der Waals surface area (Å²) in [4.78, 5) is 18.3. The number of nitrogens with zero attached hydrogens (tertiary/aromatic N) is 4. The maximum absolute atomic E-state index is 12.5. The van der Waals surface area contributed by atoms with Gasteiger partial charge in [-0.25, -0.2) is 17.5 Å². The molecule has 0 N–H and O–H groups in total. The molecule has 0 saturated carbocycles. The summed E-state index contributed by atoms with van der Waals surface area (Å²) in [7, 11) is -0.601. The van der Waals surface area contributed by atoms with E-state index in [0.29, 0.717) is 51.7 Å². The average Bonchev–Trinajstić information content (AvgIpc) is 3.11. The van der Waals surface area contributed by atoms with Crippen molar-refractivity contribution in [3.63, 3.8) is 0 Å². The van der Waals surface area contributed by atoms with Gasteiger partial charge in [-0.15, -0.1) is 0 Å². The molecule has 2 saturated heterocycles. The van der Waals surface area contributed by atoms with E-state index < -0.39 is 10.0 Å². The number of ether oxygens (including phenoxy) is 1. The predicted octanol–water partition coefficient (Wildman–Crippen LogP) is 0.0997. The van der Waals surface area contributed by atoms with Gasteiger partial charge in [0, 0.05) is 53.4 Å². The lowest BCUT2D eigenvalue weighted by Crippen LogP contribution is -2.54. The SMILES string of the molecule is CN(C)S(=O)(=O)c1ccc(CN2CCN(C(=O)N3CCOCC3)CC2)o1. The third-order valence-corrected chi connectivity index (χ3v) is 6.37. The van der Waals surface area contributed by atoms with Crippen molar-refractivity contribution in [1.29, 1.82) is 0 Å². The first-order valence-corrected chi connectivity index (χ1v) is 10.2. The highest BCUT2D eigenvalue weighted by atomic mass is 32.2. The predicted molar refractivity (Wildman–Crippen MR) is 94.2 cm³/mol. The molecule has 0 aromatic carbocycles. The fourth-order valence-electron chi connectivity index (χ4n) is 3.03. The van der Waals surface area contributed by atoms with Gasteiger partial charge < -0.3 is 19.0 Å². The zero-order chi connectivity index (χ0) is 18.7. The van der Waals surface area contributed by atoms with Crippen LogP contribution in [-0.2, 0) is 21.3 Å². The van der Waals surface area contributed by atoms with Crippen LogP contribution in [0.2, 0.25) is 0 Å². The molecule has 0 bridgehead atoms. The van der Waals surface area contributed by atoms with Gasteiger partial charge in [0.15, 0.2) is 0 Å². The molecule has 1 aromatic heterocycles. The van der Waals surface area contributed by atoms with E-state index in [4.69, 9.17) is 9.15 Å². The number of piperazine rings is 1. The normalized spacial score (nSPS) is 20.0. The van der Waals surface area contributed by atoms with Gasteiger partial charge in [-0.3, -0.25) is 4.90 Å². The molecule has 10 heteroatoms. The third-order valence-electron chi connectivity index (χ3n) is 4.68. The molecular formula is C16H26N4O5S. The number of carbonyl (C=O) groups is 1. The molecule has 0 unspecified atom stereocenters. The van der Waals surface area contributed by atoms with Crippen LogP contribution in [0.15, 0.2) is 21.6 Å². The average molecular weight is 386 g/mol. The van der Waals surface area contributed by atoms with Crippen LogP contribution < -0.4 is 0 Å². The van der Waals surface area contributed by atoms with Crippen molar-refractivity contribution in [3.8, 4) is 0 Å². The van der Waals surface area contributed by atoms with Crippen LogP contribution in [0.5, 0.6) is 0 Å². The van der Waals surface area contributed by atoms with Gasteiger partial charge in [0.25, 0.3) is 10.0 Å². The largest absolute Gasteiger partial charge is 0.447 e. The Morgan fingerprint density at radius 3 is 2.27 bits per heavy atom. The Morgan fingerprint density at radius 2 is 1.65 bits per heavy atom. The molecule has 3 heterocycles. The van der Waals surface area contributed by atoms with Crippen LogP contribution in [-0.4, -0.2) is 100 Å². The molecule has 26 heavy (non-hydrogen) atoms. The molecule has 3 rings (SSSR count). The van der Waals surface area contributed by atoms with Crippen molar-refractivity contribution in [3.05, 3.63) is 17.9 Å². The van der Waals surface area contributed by atoms with Gasteiger partial charge in [0.2, 0.25) is 5.09 Å². The molecule has 2 amide bonds. The van der Waals surface area contributed by atoms with Crippen molar-refractivity contribution < 1.29 is 22.4 Å². The molecule has 2 aliphatic rings. The van der Waals surface area contributed by atoms with E-state index in [0.717, 1.165) is 17.4 Å². The molecule has 2 fully saturated rings. The van der Waals surface area contributed by atoms with Gasteiger partial charge in [-0.2, -0.15) is 0 Å². The van der Waals surface area contributed by atoms with E-state index in [2.05, 4.69) is 4.90 Å². The van der Waals surface area contributed by atoms with Crippen LogP contribution in [0.1, 0.15) is 5.76 Å². The first kappa shape index (κ1) is 19.2. The molecule has 0 atom stereocenters. The van der Waals surface area contributed by atoms with Crippen molar-refractivity contribution in [2.75, 3.05) is 66.6 Å². The highest BCUT2D eigenvalue weighted by molar-refractivity contribution is 7.88. The van der Waals surface area contributed by atoms with Crippen molar-refractivity contribution in [2.24, 2.45) is 0 Å². The van der Waals surface area contributed by atoms with Crippen LogP contribution in [0.3, 0.4) is 0 Å². The molecule has 0 radical (unpaired) electrons. The summed E-state index contributed by atoms with van der Waals surface area (Å²) in [5.74, 6) is 0.610. The Balaban J connectivity index is 1.51. The van der Waals surface area contributed by atoms with Gasteiger partial charge in [0.1, 0.15) is 5.76 Å². The second kappa shape index (κ2) is 7.95. The lowest BCUT2D eigenvalue weighted by Gasteiger charge is -2.38. The van der Waals surface area contributed by atoms with Crippen LogP contribution in [0.25, 0.3) is 0 Å². The van der Waals surface area contributed by atoms with Crippen LogP contribution in [0.4, 0.5) is 4.79 Å². The van der Waals surface area contributed by atoms with E-state index in [1.54, 1.807) is 6.07 Å². The number of amides is 2. The number of carbonyl (C=O) groups excluding carboxylic acids is 1. The molecule has 146 valence electrons. The second-order valence-corrected chi connectivity index (χ2v) is 8.74. The van der Waals surface area contributed by atoms with E-state index in [1.807, 2.05) is 9.80 Å². The van der Waals surface area contributed by atoms with Gasteiger partial charge in [-0.05, 0) is 12.1 Å². The zero-order valence-electron chi connectivity index (χ0n) is 15.3. The smallest absolute Gasteiger partial charge is 0.320 e. The maximum atomic E-state index is 12.5. The summed E-state index contributed by atoms with van der Waals surface area (Å²) in [6.45, 7) is 5.79. The minimum Gasteiger partial charge on any atom is -0.447 e. The molecule has 0 spiro atoms. The maximum Gasteiger partial charge on any atom is 0.320 e. The second-order valence-electron chi connectivity index (χ2n) is 6.65. The topological polar surface area (TPSA) is 86.5 Å². The van der Waals surface area contributed by atoms with Gasteiger partial charge in [0.05, 0.1) is 19.8 Å². The van der Waals surface area contributed by atoms with E-state index in [1.165, 1.54) is 20.2 Å². The monoisotopic (exact) mass is 386 g/mol. The number of furan rings is 1. The summed E-state index contributed by atoms with van der Waals surface area (Å²) in [5.41, 5.74) is 0. The van der Waals surface area contributed by atoms with Gasteiger partial charge >= 0.3 is 6.03 Å². The first-order chi connectivity index (χ1) is 12.4. The molecule has 1 aromatic rings. The van der Waals surface area contributed by atoms with Crippen molar-refractivity contribution in [1.82, 2.24) is 19.0 Å². The number of hydrogen-bond acceptors (Lipinski definition) is 6. The third kappa shape index (κ3) is 4.20. The Morgan fingerprint density at radius 1 is 1.04 bits per heavy atom. The van der Waals surface area contributed by atoms with E-state index in [9.17, 15) is 13.2 Å². The number of hydrogen-bond donors (Lipinski definition) is 0. The standard InChI is InChI=1S/C16H26N4O5S/c1-17(2)26(22,23)15-4-3-14(25-15)13-18-5-7-19(8-6-18)16(21)20-9-11-24-12-10-20/h3-4H,5-13H2,1-2H3. The zero-order valence-corrected chi connectivity index (χ0v) is 16.1. The molecule has 0 aliphatic carbocycles. The first-order valence-electron chi connectivity index (χ1n) is 8.73. The van der Waals surface area contributed by atoms with E-state index >= 15 is 0 Å². The Labute approximate surface area is 154 Å². The summed E-state index contributed by atoms with van der Waals surface area (Å²) in [5, 5.41) is -0.0429. The summed E-state index contributed by atoms with van der Waals surface area (Å²) >= 11 is 0. The summed E-state index contributed by atoms with van der Waals surface area (Å²) in [6, 6.07) is 3.26. The highest BCUT2D eigenvalue weighted by Gasteiger charge is 2.27. The lowest BCUT2D eigenvalue weighted by atomic mass is 10.3. The summed E-state index contributed by atoms with van der Waals surface area (Å²) < 4.78 is 36.1. The fourth-order valence-corrected chi connectivity index (χ4v) is 3.85. The quantitative estimate of drug-likeness (QED) is 0.730. The van der Waals surface area contributed by atoms with Crippen molar-refractivity contribution in [2.45, 2.75) is 11.6 Å². The Kier molecular flexibility index (Phi) is 5.86. The highest BCUT2D eigenvalue weighted by Crippen LogP contribution is 2.19. The van der Waals surface area contributed by atoms with E-state index in [-0.39, 0.29) is 11.1 Å². The molecular weight excluding hydrogens is 360 g/mol. The molecule has 2 aliphatic heterocycles. The number of morpholine rings is 1. The molecule has 9 nitrogen and oxygen atoms in total.